The van der Waals surface area contributed by atoms with Crippen LogP contribution in [0.15, 0.2) is 66.7 Å². The maximum atomic E-state index is 12.7. The minimum Gasteiger partial charge on any atom is -0.481 e. The molecule has 4 rings (SSSR count). The minimum atomic E-state index is -4.61. The summed E-state index contributed by atoms with van der Waals surface area (Å²) in [7, 11) is -1.50. The number of amides is 2. The lowest BCUT2D eigenvalue weighted by Crippen LogP contribution is -2.36. The van der Waals surface area contributed by atoms with Crippen molar-refractivity contribution in [2.45, 2.75) is 18.9 Å². The van der Waals surface area contributed by atoms with Crippen LogP contribution < -0.4 is 24.2 Å². The molecule has 0 atom stereocenters. The molecular weight excluding hydrogens is 815 g/mol. The molecule has 0 aliphatic heterocycles. The van der Waals surface area contributed by atoms with Crippen molar-refractivity contribution >= 4 is 57.2 Å². The van der Waals surface area contributed by atoms with E-state index in [0.717, 1.165) is 30.3 Å². The highest BCUT2D eigenvalue weighted by atomic mass is 35.5. The maximum absolute atomic E-state index is 12.7. The molecule has 0 aliphatic carbocycles. The van der Waals surface area contributed by atoms with Crippen molar-refractivity contribution in [2.75, 3.05) is 32.8 Å². The third-order valence-corrected chi connectivity index (χ3v) is 8.15. The van der Waals surface area contributed by atoms with Crippen LogP contribution in [0.3, 0.4) is 0 Å². The summed E-state index contributed by atoms with van der Waals surface area (Å²) in [5.41, 5.74) is -2.31. The molecule has 304 valence electrons. The average molecular weight is 844 g/mol. The number of aromatic nitrogens is 2. The lowest BCUT2D eigenvalue weighted by molar-refractivity contribution is -0.385. The number of hydrogen-bond acceptors (Lipinski definition) is 15. The van der Waals surface area contributed by atoms with Gasteiger partial charge in [-0.3, -0.25) is 15.4 Å². The van der Waals surface area contributed by atoms with Gasteiger partial charge in [-0.25, -0.2) is 32.3 Å². The number of aromatic carboxylic acids is 1. The zero-order chi connectivity index (χ0) is 42.5. The van der Waals surface area contributed by atoms with Gasteiger partial charge in [0.15, 0.2) is 6.61 Å². The quantitative estimate of drug-likeness (QED) is 0.0790. The largest absolute Gasteiger partial charge is 0.481 e. The van der Waals surface area contributed by atoms with Gasteiger partial charge in [-0.1, -0.05) is 29.8 Å². The van der Waals surface area contributed by atoms with Gasteiger partial charge in [-0.05, 0) is 42.8 Å². The number of methoxy groups -OCH3 is 2. The Morgan fingerprint density at radius 2 is 1.58 bits per heavy atom. The lowest BCUT2D eigenvalue weighted by Gasteiger charge is -2.12. The number of nitrogens with zero attached hydrogens (tertiary/aromatic N) is 3. The Kier molecular flexibility index (Phi) is 15.4. The van der Waals surface area contributed by atoms with E-state index in [1.807, 2.05) is 0 Å². The molecule has 0 aliphatic rings. The van der Waals surface area contributed by atoms with Gasteiger partial charge in [-0.2, -0.15) is 23.1 Å². The van der Waals surface area contributed by atoms with Crippen LogP contribution in [0.4, 0.5) is 29.6 Å². The number of halogens is 4. The summed E-state index contributed by atoms with van der Waals surface area (Å²) in [4.78, 5) is 64.5. The number of benzene rings is 3. The number of hydrogen-bond donors (Lipinski definition) is 3. The molecule has 3 aromatic carbocycles. The average Bonchev–Trinajstić information content (AvgIpc) is 3.13. The minimum absolute atomic E-state index is 0.0320. The van der Waals surface area contributed by atoms with Gasteiger partial charge >= 0.3 is 30.1 Å². The first-order valence-electron chi connectivity index (χ1n) is 15.5. The number of carbonyl (C=O) groups is 4. The number of rotatable bonds is 14. The molecule has 0 spiro atoms. The van der Waals surface area contributed by atoms with E-state index in [1.54, 1.807) is 4.72 Å². The van der Waals surface area contributed by atoms with Crippen molar-refractivity contribution in [1.82, 2.24) is 14.7 Å². The Bertz CT molecular complexity index is 2240. The van der Waals surface area contributed by atoms with E-state index in [0.29, 0.717) is 6.07 Å². The van der Waals surface area contributed by atoms with Crippen LogP contribution in [0.1, 0.15) is 38.8 Å². The van der Waals surface area contributed by atoms with Crippen molar-refractivity contribution in [3.05, 3.63) is 104 Å². The van der Waals surface area contributed by atoms with Gasteiger partial charge in [0.25, 0.3) is 5.69 Å². The first-order valence-corrected chi connectivity index (χ1v) is 17.5. The molecule has 0 unspecified atom stereocenters. The summed E-state index contributed by atoms with van der Waals surface area (Å²) >= 11 is 5.81. The van der Waals surface area contributed by atoms with Crippen LogP contribution in [-0.2, 0) is 36.2 Å². The first-order chi connectivity index (χ1) is 26.8. The summed E-state index contributed by atoms with van der Waals surface area (Å²) in [6, 6.07) is 11.2. The van der Waals surface area contributed by atoms with Gasteiger partial charge in [0, 0.05) is 12.1 Å². The van der Waals surface area contributed by atoms with E-state index in [4.69, 9.17) is 35.7 Å². The van der Waals surface area contributed by atoms with Crippen LogP contribution in [0, 0.1) is 10.1 Å². The fraction of sp³-hybridized carbons (Fsp3) is 0.212. The smallest absolute Gasteiger partial charge is 0.416 e. The summed E-state index contributed by atoms with van der Waals surface area (Å²) < 4.78 is 88.7. The number of carboxylic acids is 1. The molecule has 2 amide bonds. The molecule has 0 saturated carbocycles. The highest BCUT2D eigenvalue weighted by Crippen LogP contribution is 2.37. The lowest BCUT2D eigenvalue weighted by atomic mass is 10.1. The summed E-state index contributed by atoms with van der Waals surface area (Å²) in [5, 5.41) is 22.0. The second-order valence-electron chi connectivity index (χ2n) is 10.6. The van der Waals surface area contributed by atoms with E-state index in [2.05, 4.69) is 20.0 Å². The molecule has 0 fully saturated rings. The van der Waals surface area contributed by atoms with Crippen LogP contribution >= 0.6 is 11.6 Å². The van der Waals surface area contributed by atoms with Crippen molar-refractivity contribution < 1.29 is 74.5 Å². The Balaban J connectivity index is 0.000000307. The molecule has 3 N–H and O–H groups in total. The zero-order valence-electron chi connectivity index (χ0n) is 29.5. The van der Waals surface area contributed by atoms with E-state index >= 15 is 0 Å². The zero-order valence-corrected chi connectivity index (χ0v) is 31.1. The Labute approximate surface area is 324 Å². The highest BCUT2D eigenvalue weighted by Gasteiger charge is 2.31. The Morgan fingerprint density at radius 1 is 0.930 bits per heavy atom. The fourth-order valence-corrected chi connectivity index (χ4v) is 5.51. The first kappa shape index (κ1) is 44.6. The second kappa shape index (κ2) is 19.7. The Hall–Kier alpha value is -6.75. The van der Waals surface area contributed by atoms with Crippen LogP contribution in [0.5, 0.6) is 23.3 Å². The number of esters is 2. The third-order valence-electron chi connectivity index (χ3n) is 6.66. The number of alkyl halides is 3. The molecule has 4 aromatic rings. The van der Waals surface area contributed by atoms with Crippen molar-refractivity contribution in [1.29, 1.82) is 0 Å². The number of anilines is 1. The predicted molar refractivity (Wildman–Crippen MR) is 190 cm³/mol. The number of nitro groups is 1. The molecule has 0 bridgehead atoms. The molecule has 1 aromatic heterocycles. The van der Waals surface area contributed by atoms with Crippen molar-refractivity contribution in [3.63, 3.8) is 0 Å². The predicted octanol–water partition coefficient (Wildman–Crippen LogP) is 5.62. The molecule has 57 heavy (non-hydrogen) atoms. The number of carboxylic acid groups (broad SMARTS) is 1. The topological polar surface area (TPSA) is 262 Å². The third kappa shape index (κ3) is 13.5. The van der Waals surface area contributed by atoms with E-state index in [9.17, 15) is 50.9 Å². The molecule has 0 saturated heterocycles. The fourth-order valence-electron chi connectivity index (χ4n) is 4.23. The maximum Gasteiger partial charge on any atom is 0.416 e. The standard InChI is InChI=1S/C18H13ClF3NO7.C15H16N4O7S/c1-2-28-16(24)9-29-17(25)12-8-11(4-5-14(12)23(26)27)30-15-6-3-10(7-13(15)19)18(20,21)22;1-25-11-7-12(26-2)17-14(16-11)18-15(22)19-27(23,24)8-9-5-3-4-6-10(9)13(20)21/h3-8H,2,9H2,1H3;3-7H,8H2,1-2H3,(H,20,21)(H2,16,17,18,19,22). The molecule has 1 heterocycles. The van der Waals surface area contributed by atoms with Crippen LogP contribution in [-0.4, -0.2) is 79.8 Å². The summed E-state index contributed by atoms with van der Waals surface area (Å²) in [6.45, 7) is 0.825. The molecule has 0 radical (unpaired) electrons. The highest BCUT2D eigenvalue weighted by molar-refractivity contribution is 7.89. The normalized spacial score (nSPS) is 10.9. The Morgan fingerprint density at radius 3 is 2.14 bits per heavy atom. The van der Waals surface area contributed by atoms with Gasteiger partial charge < -0.3 is 28.8 Å². The number of ether oxygens (including phenoxy) is 5. The van der Waals surface area contributed by atoms with Crippen LogP contribution in [0.2, 0.25) is 5.02 Å². The monoisotopic (exact) mass is 843 g/mol. The van der Waals surface area contributed by atoms with Crippen molar-refractivity contribution in [2.24, 2.45) is 0 Å². The van der Waals surface area contributed by atoms with E-state index in [1.165, 1.54) is 51.5 Å². The number of urea groups is 1. The second-order valence-corrected chi connectivity index (χ2v) is 12.7. The van der Waals surface area contributed by atoms with Gasteiger partial charge in [0.05, 0.1) is 53.7 Å². The van der Waals surface area contributed by atoms with Gasteiger partial charge in [0.1, 0.15) is 17.1 Å². The van der Waals surface area contributed by atoms with Gasteiger partial charge in [0.2, 0.25) is 27.7 Å². The number of nitro benzene ring substituents is 1. The van der Waals surface area contributed by atoms with Crippen molar-refractivity contribution in [3.8, 4) is 23.3 Å². The number of nitrogens with one attached hydrogen (secondary N) is 2. The van der Waals surface area contributed by atoms with Gasteiger partial charge in [-0.15, -0.1) is 0 Å². The number of sulfonamides is 1. The van der Waals surface area contributed by atoms with Crippen LogP contribution in [0.25, 0.3) is 0 Å². The van der Waals surface area contributed by atoms with E-state index in [-0.39, 0.29) is 52.0 Å². The summed E-state index contributed by atoms with van der Waals surface area (Å²) in [6.07, 6.45) is -4.61. The molecular formula is C33H29ClF3N5O14S. The summed E-state index contributed by atoms with van der Waals surface area (Å²) in [5.74, 6) is -4.39. The molecule has 19 nitrogen and oxygen atoms in total. The van der Waals surface area contributed by atoms with E-state index < -0.39 is 74.2 Å². The molecule has 24 heteroatoms. The SMILES string of the molecule is CCOC(=O)COC(=O)c1cc(Oc2ccc(C(F)(F)F)cc2Cl)ccc1[N+](=O)[O-].COc1cc(OC)nc(NC(=O)NS(=O)(=O)Cc2ccccc2C(=O)O)n1. The number of carbonyl (C=O) groups excluding carboxylic acids is 3.